The maximum absolute atomic E-state index is 12.4. The van der Waals surface area contributed by atoms with Crippen LogP contribution in [0.4, 0.5) is 0 Å². The van der Waals surface area contributed by atoms with E-state index in [0.29, 0.717) is 35.1 Å². The molecule has 1 unspecified atom stereocenters. The number of benzene rings is 1. The highest BCUT2D eigenvalue weighted by atomic mass is 16.5. The average molecular weight is 511 g/mol. The van der Waals surface area contributed by atoms with Crippen LogP contribution in [0.2, 0.25) is 0 Å². The molecule has 0 bridgehead atoms. The molecule has 10 heteroatoms. The average Bonchev–Trinajstić information content (AvgIpc) is 3.65. The van der Waals surface area contributed by atoms with E-state index >= 15 is 0 Å². The number of imidazole rings is 1. The number of pyridine rings is 2. The van der Waals surface area contributed by atoms with Gasteiger partial charge < -0.3 is 14.6 Å². The monoisotopic (exact) mass is 510 g/mol. The Morgan fingerprint density at radius 3 is 2.66 bits per heavy atom. The Bertz CT molecular complexity index is 1520. The number of imide groups is 1. The van der Waals surface area contributed by atoms with E-state index in [1.54, 1.807) is 31.5 Å². The molecular weight excluding hydrogens is 484 g/mol. The standard InChI is InChI=1S/C28H26N6O4/c1-17(35)33-12-4-6-24(33)20-13-22-23(32-28(31-22)21-5-2-3-11-29-21)14-25(20)38-19-8-7-18(30-15-19)16-34-26(36)9-10-27(34)37/h2-3,5,7-8,11,13-15,24H,4,6,9-10,12,16H2,1H3,(H,31,32). The second-order valence-corrected chi connectivity index (χ2v) is 9.54. The maximum Gasteiger partial charge on any atom is 0.230 e. The first kappa shape index (κ1) is 23.8. The molecule has 0 radical (unpaired) electrons. The minimum atomic E-state index is -0.175. The van der Waals surface area contributed by atoms with Crippen LogP contribution >= 0.6 is 0 Å². The lowest BCUT2D eigenvalue weighted by atomic mass is 10.0. The lowest BCUT2D eigenvalue weighted by molar-refractivity contribution is -0.139. The number of carbonyl (C=O) groups excluding carboxylic acids is 3. The molecule has 2 saturated heterocycles. The van der Waals surface area contributed by atoms with Gasteiger partial charge in [-0.1, -0.05) is 6.07 Å². The molecule has 5 heterocycles. The van der Waals surface area contributed by atoms with Crippen LogP contribution < -0.4 is 4.74 Å². The van der Waals surface area contributed by atoms with Crippen molar-refractivity contribution in [3.05, 3.63) is 66.1 Å². The van der Waals surface area contributed by atoms with Gasteiger partial charge in [0.15, 0.2) is 5.82 Å². The summed E-state index contributed by atoms with van der Waals surface area (Å²) in [5.74, 6) is 1.41. The number of amides is 3. The highest BCUT2D eigenvalue weighted by molar-refractivity contribution is 6.01. The smallest absolute Gasteiger partial charge is 0.230 e. The summed E-state index contributed by atoms with van der Waals surface area (Å²) in [6.45, 7) is 2.43. The Balaban J connectivity index is 1.34. The number of rotatable bonds is 6. The van der Waals surface area contributed by atoms with E-state index < -0.39 is 0 Å². The topological polar surface area (TPSA) is 121 Å². The van der Waals surface area contributed by atoms with Crippen LogP contribution in [-0.4, -0.2) is 54.0 Å². The number of ether oxygens (including phenoxy) is 1. The summed E-state index contributed by atoms with van der Waals surface area (Å²) in [5, 5.41) is 0. The van der Waals surface area contributed by atoms with Crippen LogP contribution in [0.25, 0.3) is 22.6 Å². The number of fused-ring (bicyclic) bond motifs is 1. The third-order valence-corrected chi connectivity index (χ3v) is 7.04. The number of H-pyrrole nitrogens is 1. The zero-order chi connectivity index (χ0) is 26.2. The van der Waals surface area contributed by atoms with Gasteiger partial charge in [0.1, 0.15) is 17.2 Å². The number of aromatic nitrogens is 4. The van der Waals surface area contributed by atoms with Crippen molar-refractivity contribution < 1.29 is 19.1 Å². The first-order chi connectivity index (χ1) is 18.5. The Morgan fingerprint density at radius 1 is 1.11 bits per heavy atom. The van der Waals surface area contributed by atoms with E-state index in [1.165, 1.54) is 4.90 Å². The van der Waals surface area contributed by atoms with Gasteiger partial charge in [0.05, 0.1) is 35.5 Å². The molecule has 2 fully saturated rings. The lowest BCUT2D eigenvalue weighted by Crippen LogP contribution is -2.28. The molecule has 4 aromatic rings. The Kier molecular flexibility index (Phi) is 6.07. The van der Waals surface area contributed by atoms with Crippen molar-refractivity contribution in [2.24, 2.45) is 0 Å². The third kappa shape index (κ3) is 4.49. The van der Waals surface area contributed by atoms with Gasteiger partial charge in [-0.05, 0) is 43.2 Å². The van der Waals surface area contributed by atoms with Crippen LogP contribution in [-0.2, 0) is 20.9 Å². The number of nitrogens with one attached hydrogen (secondary N) is 1. The van der Waals surface area contributed by atoms with Gasteiger partial charge in [-0.15, -0.1) is 0 Å². The van der Waals surface area contributed by atoms with Crippen molar-refractivity contribution in [1.82, 2.24) is 29.7 Å². The van der Waals surface area contributed by atoms with E-state index in [4.69, 9.17) is 9.72 Å². The van der Waals surface area contributed by atoms with Crippen molar-refractivity contribution in [2.75, 3.05) is 6.54 Å². The predicted molar refractivity (Wildman–Crippen MR) is 138 cm³/mol. The Hall–Kier alpha value is -4.60. The summed E-state index contributed by atoms with van der Waals surface area (Å²) in [5.41, 5.74) is 3.76. The molecule has 2 aliphatic heterocycles. The Morgan fingerprint density at radius 2 is 1.95 bits per heavy atom. The molecule has 6 rings (SSSR count). The Labute approximate surface area is 218 Å². The molecule has 0 spiro atoms. The molecule has 192 valence electrons. The second-order valence-electron chi connectivity index (χ2n) is 9.54. The van der Waals surface area contributed by atoms with Crippen LogP contribution in [0.3, 0.4) is 0 Å². The SMILES string of the molecule is CC(=O)N1CCCC1c1cc2[nH]c(-c3ccccn3)nc2cc1Oc1ccc(CN2C(=O)CCC2=O)nc1. The number of hydrogen-bond donors (Lipinski definition) is 1. The van der Waals surface area contributed by atoms with Gasteiger partial charge in [0.2, 0.25) is 17.7 Å². The number of likely N-dealkylation sites (tertiary alicyclic amines) is 2. The third-order valence-electron chi connectivity index (χ3n) is 7.04. The first-order valence-electron chi connectivity index (χ1n) is 12.6. The van der Waals surface area contributed by atoms with Gasteiger partial charge >= 0.3 is 0 Å². The molecule has 0 aliphatic carbocycles. The molecule has 3 amide bonds. The molecule has 0 saturated carbocycles. The largest absolute Gasteiger partial charge is 0.455 e. The minimum absolute atomic E-state index is 0.0226. The van der Waals surface area contributed by atoms with Crippen molar-refractivity contribution in [1.29, 1.82) is 0 Å². The molecule has 1 N–H and O–H groups in total. The summed E-state index contributed by atoms with van der Waals surface area (Å²) in [7, 11) is 0. The van der Waals surface area contributed by atoms with Crippen LogP contribution in [0.1, 0.15) is 49.9 Å². The van der Waals surface area contributed by atoms with Crippen molar-refractivity contribution in [2.45, 2.75) is 45.2 Å². The van der Waals surface area contributed by atoms with Crippen LogP contribution in [0.5, 0.6) is 11.5 Å². The normalized spacial score (nSPS) is 17.6. The van der Waals surface area contributed by atoms with E-state index in [-0.39, 0.29) is 43.1 Å². The van der Waals surface area contributed by atoms with E-state index in [0.717, 1.165) is 29.6 Å². The van der Waals surface area contributed by atoms with Crippen LogP contribution in [0.15, 0.2) is 54.9 Å². The summed E-state index contributed by atoms with van der Waals surface area (Å²) in [6.07, 6.45) is 5.54. The van der Waals surface area contributed by atoms with Crippen molar-refractivity contribution in [3.63, 3.8) is 0 Å². The van der Waals surface area contributed by atoms with Gasteiger partial charge in [0, 0.05) is 44.1 Å². The fraction of sp³-hybridized carbons (Fsp3) is 0.286. The molecule has 38 heavy (non-hydrogen) atoms. The first-order valence-corrected chi connectivity index (χ1v) is 12.6. The number of carbonyl (C=O) groups is 3. The number of hydrogen-bond acceptors (Lipinski definition) is 7. The maximum atomic E-state index is 12.4. The van der Waals surface area contributed by atoms with Crippen molar-refractivity contribution in [3.8, 4) is 23.0 Å². The highest BCUT2D eigenvalue weighted by Crippen LogP contribution is 2.41. The lowest BCUT2D eigenvalue weighted by Gasteiger charge is -2.25. The van der Waals surface area contributed by atoms with E-state index in [2.05, 4.69) is 15.0 Å². The summed E-state index contributed by atoms with van der Waals surface area (Å²) < 4.78 is 6.32. The molecule has 1 atom stereocenters. The van der Waals surface area contributed by atoms with Gasteiger partial charge in [-0.25, -0.2) is 4.98 Å². The summed E-state index contributed by atoms with van der Waals surface area (Å²) >= 11 is 0. The zero-order valence-corrected chi connectivity index (χ0v) is 20.9. The molecule has 2 aliphatic rings. The van der Waals surface area contributed by atoms with Crippen molar-refractivity contribution >= 4 is 28.8 Å². The fourth-order valence-corrected chi connectivity index (χ4v) is 5.15. The highest BCUT2D eigenvalue weighted by Gasteiger charge is 2.31. The van der Waals surface area contributed by atoms with Gasteiger partial charge in [0.25, 0.3) is 0 Å². The number of nitrogens with zero attached hydrogens (tertiary/aromatic N) is 5. The van der Waals surface area contributed by atoms with Gasteiger partial charge in [-0.3, -0.25) is 29.3 Å². The quantitative estimate of drug-likeness (QED) is 0.387. The van der Waals surface area contributed by atoms with Crippen LogP contribution in [0, 0.1) is 0 Å². The summed E-state index contributed by atoms with van der Waals surface area (Å²) in [4.78, 5) is 56.3. The molecule has 1 aromatic carbocycles. The van der Waals surface area contributed by atoms with E-state index in [1.807, 2.05) is 35.2 Å². The zero-order valence-electron chi connectivity index (χ0n) is 20.9. The number of aromatic amines is 1. The van der Waals surface area contributed by atoms with Gasteiger partial charge in [-0.2, -0.15) is 0 Å². The molecular formula is C28H26N6O4. The van der Waals surface area contributed by atoms with E-state index in [9.17, 15) is 14.4 Å². The fourth-order valence-electron chi connectivity index (χ4n) is 5.15. The second kappa shape index (κ2) is 9.70. The summed E-state index contributed by atoms with van der Waals surface area (Å²) in [6, 6.07) is 12.9. The molecule has 10 nitrogen and oxygen atoms in total. The molecule has 3 aromatic heterocycles. The predicted octanol–water partition coefficient (Wildman–Crippen LogP) is 4.14. The minimum Gasteiger partial charge on any atom is -0.455 e.